The van der Waals surface area contributed by atoms with Gasteiger partial charge in [0.05, 0.1) is 0 Å². The molecule has 0 unspecified atom stereocenters. The molecule has 0 fully saturated rings. The van der Waals surface area contributed by atoms with Gasteiger partial charge in [-0.05, 0) is 17.5 Å². The molecule has 0 atom stereocenters. The topological polar surface area (TPSA) is 80.4 Å². The molecule has 0 aliphatic carbocycles. The van der Waals surface area contributed by atoms with Gasteiger partial charge in [-0.15, -0.1) is 0 Å². The summed E-state index contributed by atoms with van der Waals surface area (Å²) in [5.74, 6) is 0. The van der Waals surface area contributed by atoms with Gasteiger partial charge in [-0.25, -0.2) is 0 Å². The average molecular weight is 222 g/mol. The molecule has 0 saturated carbocycles. The second-order valence-corrected chi connectivity index (χ2v) is 4.50. The molecule has 2 aromatic carbocycles. The summed E-state index contributed by atoms with van der Waals surface area (Å²) in [4.78, 5) is -0.174. The Balaban J connectivity index is 2.92. The minimum Gasteiger partial charge on any atom is -0.398 e. The van der Waals surface area contributed by atoms with E-state index >= 15 is 0 Å². The summed E-state index contributed by atoms with van der Waals surface area (Å²) < 4.78 is 31.1. The van der Waals surface area contributed by atoms with E-state index in [0.717, 1.165) is 0 Å². The van der Waals surface area contributed by atoms with Crippen molar-refractivity contribution in [1.82, 2.24) is 0 Å². The van der Waals surface area contributed by atoms with E-state index in [4.69, 9.17) is 10.3 Å². The Hall–Kier alpha value is -1.59. The number of rotatable bonds is 1. The number of fused-ring (bicyclic) bond motifs is 1. The molecule has 5 heteroatoms. The van der Waals surface area contributed by atoms with Crippen LogP contribution in [0.1, 0.15) is 0 Å². The van der Waals surface area contributed by atoms with Crippen molar-refractivity contribution in [2.24, 2.45) is 0 Å². The van der Waals surface area contributed by atoms with Gasteiger partial charge < -0.3 is 5.73 Å². The van der Waals surface area contributed by atoms with E-state index in [2.05, 4.69) is 6.07 Å². The summed E-state index contributed by atoms with van der Waals surface area (Å²) in [7, 11) is -4.23. The molecule has 15 heavy (non-hydrogen) atoms. The van der Waals surface area contributed by atoms with Crippen molar-refractivity contribution in [3.05, 3.63) is 36.4 Å². The zero-order valence-corrected chi connectivity index (χ0v) is 8.45. The van der Waals surface area contributed by atoms with Crippen LogP contribution in [0.3, 0.4) is 0 Å². The van der Waals surface area contributed by atoms with Gasteiger partial charge in [-0.1, -0.05) is 18.2 Å². The van der Waals surface area contributed by atoms with Crippen LogP contribution in [-0.4, -0.2) is 13.0 Å². The van der Waals surface area contributed by atoms with Crippen LogP contribution in [0, 0.1) is 6.07 Å². The van der Waals surface area contributed by atoms with Crippen LogP contribution in [0.25, 0.3) is 10.8 Å². The molecule has 0 heterocycles. The van der Waals surface area contributed by atoms with Crippen LogP contribution >= 0.6 is 0 Å². The Morgan fingerprint density at radius 3 is 2.60 bits per heavy atom. The summed E-state index contributed by atoms with van der Waals surface area (Å²) >= 11 is 0. The van der Waals surface area contributed by atoms with Gasteiger partial charge in [-0.3, -0.25) is 4.55 Å². The van der Waals surface area contributed by atoms with Crippen molar-refractivity contribution in [2.45, 2.75) is 4.90 Å². The SMILES string of the molecule is Nc1[c]c2c(S(=O)(=O)O)cccc2cc1. The van der Waals surface area contributed by atoms with Crippen molar-refractivity contribution in [2.75, 3.05) is 5.73 Å². The highest BCUT2D eigenvalue weighted by molar-refractivity contribution is 7.86. The zero-order valence-electron chi connectivity index (χ0n) is 7.64. The molecule has 0 spiro atoms. The Kier molecular flexibility index (Phi) is 2.13. The molecule has 2 rings (SSSR count). The minimum atomic E-state index is -4.23. The van der Waals surface area contributed by atoms with Gasteiger partial charge in [0.2, 0.25) is 0 Å². The van der Waals surface area contributed by atoms with Gasteiger partial charge >= 0.3 is 0 Å². The number of anilines is 1. The quantitative estimate of drug-likeness (QED) is 0.565. The molecule has 77 valence electrons. The molecule has 2 aromatic rings. The molecule has 0 aliphatic rings. The summed E-state index contributed by atoms with van der Waals surface area (Å²) in [5, 5.41) is 0.972. The third-order valence-electron chi connectivity index (χ3n) is 2.05. The smallest absolute Gasteiger partial charge is 0.295 e. The number of nitrogens with two attached hydrogens (primary N) is 1. The highest BCUT2D eigenvalue weighted by Crippen LogP contribution is 2.24. The molecule has 0 saturated heterocycles. The summed E-state index contributed by atoms with van der Waals surface area (Å²) in [5.41, 5.74) is 5.84. The second kappa shape index (κ2) is 3.22. The molecule has 4 nitrogen and oxygen atoms in total. The van der Waals surface area contributed by atoms with E-state index in [-0.39, 0.29) is 4.90 Å². The maximum Gasteiger partial charge on any atom is 0.295 e. The predicted octanol–water partition coefficient (Wildman–Crippen LogP) is 1.47. The third kappa shape index (κ3) is 1.79. The number of hydrogen-bond acceptors (Lipinski definition) is 3. The zero-order chi connectivity index (χ0) is 11.1. The highest BCUT2D eigenvalue weighted by atomic mass is 32.2. The van der Waals surface area contributed by atoms with Crippen molar-refractivity contribution >= 4 is 26.6 Å². The van der Waals surface area contributed by atoms with E-state index < -0.39 is 10.1 Å². The number of hydrogen-bond donors (Lipinski definition) is 2. The fourth-order valence-corrected chi connectivity index (χ4v) is 2.08. The molecular formula is C10H8NO3S. The Labute approximate surface area is 87.1 Å². The Morgan fingerprint density at radius 2 is 1.93 bits per heavy atom. The van der Waals surface area contributed by atoms with Gasteiger partial charge in [0.25, 0.3) is 10.1 Å². The molecule has 0 amide bonds. The van der Waals surface area contributed by atoms with Gasteiger partial charge in [0.15, 0.2) is 0 Å². The summed E-state index contributed by atoms with van der Waals surface area (Å²) in [6, 6.07) is 10.6. The van der Waals surface area contributed by atoms with E-state index in [1.165, 1.54) is 6.07 Å². The lowest BCUT2D eigenvalue weighted by molar-refractivity contribution is 0.484. The van der Waals surface area contributed by atoms with E-state index in [1.54, 1.807) is 24.3 Å². The van der Waals surface area contributed by atoms with E-state index in [9.17, 15) is 8.42 Å². The lowest BCUT2D eigenvalue weighted by Gasteiger charge is -2.03. The monoisotopic (exact) mass is 222 g/mol. The van der Waals surface area contributed by atoms with Crippen LogP contribution in [0.4, 0.5) is 5.69 Å². The molecule has 1 radical (unpaired) electrons. The normalized spacial score (nSPS) is 11.8. The van der Waals surface area contributed by atoms with Crippen LogP contribution < -0.4 is 5.73 Å². The summed E-state index contributed by atoms with van der Waals surface area (Å²) in [6.07, 6.45) is 0. The molecule has 0 aromatic heterocycles. The fraction of sp³-hybridized carbons (Fsp3) is 0. The average Bonchev–Trinajstić information content (AvgIpc) is 2.15. The standard InChI is InChI=1S/C10H8NO3S/c11-8-5-4-7-2-1-3-10(9(7)6-8)15(12,13)14/h1-5H,11H2,(H,12,13,14). The molecule has 3 N–H and O–H groups in total. The first kappa shape index (κ1) is 9.95. The van der Waals surface area contributed by atoms with Crippen LogP contribution in [0.15, 0.2) is 35.2 Å². The van der Waals surface area contributed by atoms with Crippen molar-refractivity contribution in [3.8, 4) is 0 Å². The second-order valence-electron chi connectivity index (χ2n) is 3.11. The minimum absolute atomic E-state index is 0.174. The van der Waals surface area contributed by atoms with Gasteiger partial charge in [0.1, 0.15) is 4.90 Å². The van der Waals surface area contributed by atoms with Crippen LogP contribution in [0.2, 0.25) is 0 Å². The van der Waals surface area contributed by atoms with Crippen LogP contribution in [0.5, 0.6) is 0 Å². The Bertz CT molecular complexity index is 620. The van der Waals surface area contributed by atoms with Gasteiger partial charge in [0, 0.05) is 17.1 Å². The lowest BCUT2D eigenvalue weighted by atomic mass is 10.1. The van der Waals surface area contributed by atoms with Gasteiger partial charge in [-0.2, -0.15) is 8.42 Å². The maximum absolute atomic E-state index is 11.1. The largest absolute Gasteiger partial charge is 0.398 e. The Morgan fingerprint density at radius 1 is 1.20 bits per heavy atom. The predicted molar refractivity (Wildman–Crippen MR) is 57.0 cm³/mol. The van der Waals surface area contributed by atoms with E-state index in [0.29, 0.717) is 16.5 Å². The fourth-order valence-electron chi connectivity index (χ4n) is 1.40. The van der Waals surface area contributed by atoms with E-state index in [1.807, 2.05) is 0 Å². The van der Waals surface area contributed by atoms with Crippen molar-refractivity contribution in [3.63, 3.8) is 0 Å². The first-order valence-electron chi connectivity index (χ1n) is 4.16. The van der Waals surface area contributed by atoms with Crippen molar-refractivity contribution < 1.29 is 13.0 Å². The van der Waals surface area contributed by atoms with Crippen LogP contribution in [-0.2, 0) is 10.1 Å². The highest BCUT2D eigenvalue weighted by Gasteiger charge is 2.13. The maximum atomic E-state index is 11.1. The molecule has 0 bridgehead atoms. The first-order valence-corrected chi connectivity index (χ1v) is 5.60. The number of benzene rings is 2. The summed E-state index contributed by atoms with van der Waals surface area (Å²) in [6.45, 7) is 0. The molecular weight excluding hydrogens is 214 g/mol. The number of nitrogen functional groups attached to an aromatic ring is 1. The first-order chi connectivity index (χ1) is 6.98. The lowest BCUT2D eigenvalue weighted by Crippen LogP contribution is -1.99. The van der Waals surface area contributed by atoms with Crippen molar-refractivity contribution in [1.29, 1.82) is 0 Å². The molecule has 0 aliphatic heterocycles. The third-order valence-corrected chi connectivity index (χ3v) is 2.94.